The van der Waals surface area contributed by atoms with Gasteiger partial charge >= 0.3 is 0 Å². The van der Waals surface area contributed by atoms with Crippen LogP contribution in [0.2, 0.25) is 0 Å². The van der Waals surface area contributed by atoms with Crippen molar-refractivity contribution in [1.29, 1.82) is 0 Å². The first-order chi connectivity index (χ1) is 13.3. The highest BCUT2D eigenvalue weighted by molar-refractivity contribution is 7.89. The lowest BCUT2D eigenvalue weighted by Crippen LogP contribution is -2.38. The molecule has 1 aliphatic heterocycles. The van der Waals surface area contributed by atoms with Crippen molar-refractivity contribution in [3.05, 3.63) is 53.5 Å². The second-order valence-electron chi connectivity index (χ2n) is 6.66. The number of para-hydroxylation sites is 1. The number of thiazole rings is 1. The van der Waals surface area contributed by atoms with Gasteiger partial charge in [-0.15, -0.1) is 11.3 Å². The Morgan fingerprint density at radius 1 is 0.964 bits per heavy atom. The number of rotatable bonds is 4. The standard InChI is InChI=1S/C18H19N3O4S3/c19-27(22,23)13-8-10-14(11-9-13)28(24,25)21-12-4-3-6-16(21)18-20-15-5-1-2-7-17(15)26-18/h1-2,5,7-11,16H,3-4,6,12H2,(H2,19,22,23). The molecule has 1 unspecified atom stereocenters. The van der Waals surface area contributed by atoms with E-state index in [4.69, 9.17) is 5.14 Å². The summed E-state index contributed by atoms with van der Waals surface area (Å²) in [5, 5.41) is 5.88. The molecular formula is C18H19N3O4S3. The van der Waals surface area contributed by atoms with Gasteiger partial charge in [0.1, 0.15) is 5.01 Å². The second-order valence-corrected chi connectivity index (χ2v) is 11.2. The van der Waals surface area contributed by atoms with E-state index >= 15 is 0 Å². The van der Waals surface area contributed by atoms with E-state index < -0.39 is 20.0 Å². The Hall–Kier alpha value is -1.85. The molecule has 1 fully saturated rings. The predicted octanol–water partition coefficient (Wildman–Crippen LogP) is 2.86. The van der Waals surface area contributed by atoms with Crippen LogP contribution in [0.5, 0.6) is 0 Å². The molecule has 10 heteroatoms. The van der Waals surface area contributed by atoms with Gasteiger partial charge in [-0.3, -0.25) is 0 Å². The van der Waals surface area contributed by atoms with Crippen molar-refractivity contribution in [2.24, 2.45) is 5.14 Å². The number of primary sulfonamides is 1. The number of aromatic nitrogens is 1. The number of piperidine rings is 1. The van der Waals surface area contributed by atoms with Crippen molar-refractivity contribution in [3.8, 4) is 0 Å². The van der Waals surface area contributed by atoms with Crippen LogP contribution in [-0.2, 0) is 20.0 Å². The zero-order chi connectivity index (χ0) is 19.9. The molecule has 4 rings (SSSR count). The van der Waals surface area contributed by atoms with Crippen LogP contribution in [0, 0.1) is 0 Å². The summed E-state index contributed by atoms with van der Waals surface area (Å²) in [6.45, 7) is 0.403. The Morgan fingerprint density at radius 2 is 1.64 bits per heavy atom. The van der Waals surface area contributed by atoms with Crippen LogP contribution in [0.1, 0.15) is 30.3 Å². The highest BCUT2D eigenvalue weighted by Gasteiger charge is 2.36. The van der Waals surface area contributed by atoms with Crippen molar-refractivity contribution < 1.29 is 16.8 Å². The van der Waals surface area contributed by atoms with E-state index in [1.165, 1.54) is 39.9 Å². The average molecular weight is 438 g/mol. The molecule has 1 aromatic heterocycles. The summed E-state index contributed by atoms with van der Waals surface area (Å²) in [5.74, 6) is 0. The third-order valence-electron chi connectivity index (χ3n) is 4.81. The molecule has 1 atom stereocenters. The van der Waals surface area contributed by atoms with Gasteiger partial charge in [0.25, 0.3) is 0 Å². The van der Waals surface area contributed by atoms with Crippen LogP contribution in [0.3, 0.4) is 0 Å². The van der Waals surface area contributed by atoms with Crippen LogP contribution >= 0.6 is 11.3 Å². The third kappa shape index (κ3) is 3.58. The first-order valence-corrected chi connectivity index (χ1v) is 12.6. The molecule has 0 amide bonds. The number of benzene rings is 2. The molecule has 1 saturated heterocycles. The third-order valence-corrected chi connectivity index (χ3v) is 8.80. The van der Waals surface area contributed by atoms with Gasteiger partial charge in [0, 0.05) is 6.54 Å². The average Bonchev–Trinajstić information content (AvgIpc) is 3.11. The van der Waals surface area contributed by atoms with Gasteiger partial charge in [-0.05, 0) is 49.2 Å². The summed E-state index contributed by atoms with van der Waals surface area (Å²) in [6, 6.07) is 12.4. The van der Waals surface area contributed by atoms with Crippen molar-refractivity contribution in [1.82, 2.24) is 9.29 Å². The van der Waals surface area contributed by atoms with E-state index in [2.05, 4.69) is 4.98 Å². The summed E-state index contributed by atoms with van der Waals surface area (Å²) in [4.78, 5) is 4.59. The van der Waals surface area contributed by atoms with Gasteiger partial charge in [-0.25, -0.2) is 27.0 Å². The first-order valence-electron chi connectivity index (χ1n) is 8.77. The van der Waals surface area contributed by atoms with Gasteiger partial charge in [0.2, 0.25) is 20.0 Å². The van der Waals surface area contributed by atoms with Crippen LogP contribution in [0.25, 0.3) is 10.2 Å². The van der Waals surface area contributed by atoms with Crippen molar-refractivity contribution in [3.63, 3.8) is 0 Å². The topological polar surface area (TPSA) is 110 Å². The summed E-state index contributed by atoms with van der Waals surface area (Å²) in [6.07, 6.45) is 2.40. The number of nitrogens with zero attached hydrogens (tertiary/aromatic N) is 2. The number of nitrogens with two attached hydrogens (primary N) is 1. The fourth-order valence-corrected chi connectivity index (χ4v) is 6.77. The first kappa shape index (κ1) is 19.5. The molecule has 0 bridgehead atoms. The van der Waals surface area contributed by atoms with Crippen molar-refractivity contribution in [2.75, 3.05) is 6.54 Å². The van der Waals surface area contributed by atoms with Gasteiger partial charge in [0.05, 0.1) is 26.0 Å². The number of sulfonamides is 2. The fraction of sp³-hybridized carbons (Fsp3) is 0.278. The van der Waals surface area contributed by atoms with Crippen LogP contribution in [0.15, 0.2) is 58.3 Å². The van der Waals surface area contributed by atoms with Gasteiger partial charge < -0.3 is 0 Å². The molecule has 3 aromatic rings. The smallest absolute Gasteiger partial charge is 0.239 e. The van der Waals surface area contributed by atoms with Crippen molar-refractivity contribution in [2.45, 2.75) is 35.1 Å². The lowest BCUT2D eigenvalue weighted by atomic mass is 10.1. The second kappa shape index (κ2) is 7.20. The minimum absolute atomic E-state index is 0.0490. The van der Waals surface area contributed by atoms with Crippen LogP contribution in [-0.4, -0.2) is 32.7 Å². The molecule has 0 saturated carbocycles. The quantitative estimate of drug-likeness (QED) is 0.675. The predicted molar refractivity (Wildman–Crippen MR) is 108 cm³/mol. The largest absolute Gasteiger partial charge is 0.243 e. The molecule has 0 radical (unpaired) electrons. The van der Waals surface area contributed by atoms with E-state index in [1.54, 1.807) is 0 Å². The highest BCUT2D eigenvalue weighted by atomic mass is 32.2. The molecule has 2 N–H and O–H groups in total. The molecule has 0 aliphatic carbocycles. The molecule has 2 heterocycles. The maximum atomic E-state index is 13.3. The van der Waals surface area contributed by atoms with E-state index in [0.717, 1.165) is 28.1 Å². The Kier molecular flexibility index (Phi) is 5.00. The van der Waals surface area contributed by atoms with E-state index in [-0.39, 0.29) is 15.8 Å². The summed E-state index contributed by atoms with van der Waals surface area (Å²) in [7, 11) is -7.67. The van der Waals surface area contributed by atoms with Gasteiger partial charge in [-0.1, -0.05) is 18.6 Å². The van der Waals surface area contributed by atoms with Crippen LogP contribution < -0.4 is 5.14 Å². The Labute approximate surface area is 167 Å². The number of hydrogen-bond donors (Lipinski definition) is 1. The van der Waals surface area contributed by atoms with Crippen molar-refractivity contribution >= 4 is 41.6 Å². The molecule has 7 nitrogen and oxygen atoms in total. The van der Waals surface area contributed by atoms with E-state index in [0.29, 0.717) is 13.0 Å². The molecular weight excluding hydrogens is 418 g/mol. The maximum Gasteiger partial charge on any atom is 0.243 e. The van der Waals surface area contributed by atoms with Gasteiger partial charge in [-0.2, -0.15) is 4.31 Å². The SMILES string of the molecule is NS(=O)(=O)c1ccc(S(=O)(=O)N2CCCCC2c2nc3ccccc3s2)cc1. The lowest BCUT2D eigenvalue weighted by molar-refractivity contribution is 0.255. The molecule has 28 heavy (non-hydrogen) atoms. The molecule has 148 valence electrons. The monoisotopic (exact) mass is 437 g/mol. The normalized spacial score (nSPS) is 19.1. The summed E-state index contributed by atoms with van der Waals surface area (Å²) in [5.41, 5.74) is 0.864. The fourth-order valence-electron chi connectivity index (χ4n) is 3.41. The number of fused-ring (bicyclic) bond motifs is 1. The molecule has 1 aliphatic rings. The highest BCUT2D eigenvalue weighted by Crippen LogP contribution is 2.38. The number of hydrogen-bond acceptors (Lipinski definition) is 6. The Balaban J connectivity index is 1.72. The van der Waals surface area contributed by atoms with E-state index in [1.807, 2.05) is 24.3 Å². The minimum Gasteiger partial charge on any atom is -0.239 e. The zero-order valence-electron chi connectivity index (χ0n) is 14.9. The maximum absolute atomic E-state index is 13.3. The zero-order valence-corrected chi connectivity index (χ0v) is 17.3. The Morgan fingerprint density at radius 3 is 2.32 bits per heavy atom. The van der Waals surface area contributed by atoms with Gasteiger partial charge in [0.15, 0.2) is 0 Å². The van der Waals surface area contributed by atoms with Crippen LogP contribution in [0.4, 0.5) is 0 Å². The summed E-state index contributed by atoms with van der Waals surface area (Å²) < 4.78 is 51.9. The summed E-state index contributed by atoms with van der Waals surface area (Å²) >= 11 is 1.51. The lowest BCUT2D eigenvalue weighted by Gasteiger charge is -2.33. The molecule has 0 spiro atoms. The minimum atomic E-state index is -3.88. The van der Waals surface area contributed by atoms with E-state index in [9.17, 15) is 16.8 Å². The Bertz CT molecular complexity index is 1190. The molecule has 2 aromatic carbocycles.